The third-order valence-corrected chi connectivity index (χ3v) is 3.71. The summed E-state index contributed by atoms with van der Waals surface area (Å²) in [7, 11) is 0. The summed E-state index contributed by atoms with van der Waals surface area (Å²) < 4.78 is 0. The SMILES string of the molecule is Cc1cc(O)c(C2C=CC=C2)c(C2C=CC=C2)c1O. The summed E-state index contributed by atoms with van der Waals surface area (Å²) in [6.07, 6.45) is 16.0. The topological polar surface area (TPSA) is 40.5 Å². The maximum absolute atomic E-state index is 10.4. The summed E-state index contributed by atoms with van der Waals surface area (Å²) in [5, 5.41) is 20.7. The van der Waals surface area contributed by atoms with Gasteiger partial charge in [0.05, 0.1) is 0 Å². The first-order valence-corrected chi connectivity index (χ1v) is 6.44. The summed E-state index contributed by atoms with van der Waals surface area (Å²) in [5.41, 5.74) is 2.31. The number of aryl methyl sites for hydroxylation is 1. The van der Waals surface area contributed by atoms with Gasteiger partial charge in [-0.25, -0.2) is 0 Å². The molecule has 0 unspecified atom stereocenters. The number of benzene rings is 1. The van der Waals surface area contributed by atoms with Gasteiger partial charge < -0.3 is 10.2 Å². The average molecular weight is 252 g/mol. The van der Waals surface area contributed by atoms with Gasteiger partial charge >= 0.3 is 0 Å². The number of rotatable bonds is 2. The molecule has 0 heterocycles. The van der Waals surface area contributed by atoms with E-state index in [1.165, 1.54) is 0 Å². The number of phenols is 2. The largest absolute Gasteiger partial charge is 0.508 e. The Kier molecular flexibility index (Phi) is 2.79. The lowest BCUT2D eigenvalue weighted by molar-refractivity contribution is 0.444. The lowest BCUT2D eigenvalue weighted by Crippen LogP contribution is -2.02. The molecule has 1 aromatic carbocycles. The minimum Gasteiger partial charge on any atom is -0.508 e. The highest BCUT2D eigenvalue weighted by Crippen LogP contribution is 2.44. The van der Waals surface area contributed by atoms with Gasteiger partial charge in [-0.1, -0.05) is 48.6 Å². The molecule has 2 aliphatic rings. The molecule has 2 nitrogen and oxygen atoms in total. The molecular formula is C17H16O2. The van der Waals surface area contributed by atoms with E-state index >= 15 is 0 Å². The van der Waals surface area contributed by atoms with E-state index in [0.29, 0.717) is 5.56 Å². The van der Waals surface area contributed by atoms with Gasteiger partial charge in [-0.15, -0.1) is 0 Å². The first-order valence-electron chi connectivity index (χ1n) is 6.44. The van der Waals surface area contributed by atoms with Gasteiger partial charge in [0.2, 0.25) is 0 Å². The van der Waals surface area contributed by atoms with E-state index in [4.69, 9.17) is 0 Å². The Labute approximate surface area is 112 Å². The first-order chi connectivity index (χ1) is 9.18. The molecule has 2 N–H and O–H groups in total. The fraction of sp³-hybridized carbons (Fsp3) is 0.176. The second-order valence-corrected chi connectivity index (χ2v) is 4.98. The molecule has 2 heteroatoms. The minimum atomic E-state index is 0.0307. The molecular weight excluding hydrogens is 236 g/mol. The standard InChI is InChI=1S/C17H16O2/c1-11-10-14(18)15(12-6-2-3-7-12)16(17(11)19)13-8-4-5-9-13/h2-10,12-13,18-19H,1H3. The van der Waals surface area contributed by atoms with Crippen LogP contribution in [0.2, 0.25) is 0 Å². The maximum atomic E-state index is 10.4. The molecule has 0 atom stereocenters. The van der Waals surface area contributed by atoms with Crippen molar-refractivity contribution < 1.29 is 10.2 Å². The van der Waals surface area contributed by atoms with Gasteiger partial charge in [0.1, 0.15) is 11.5 Å². The number of phenolic OH excluding ortho intramolecular Hbond substituents is 2. The summed E-state index contributed by atoms with van der Waals surface area (Å²) in [4.78, 5) is 0. The quantitative estimate of drug-likeness (QED) is 0.785. The van der Waals surface area contributed by atoms with Crippen LogP contribution in [0.1, 0.15) is 28.5 Å². The van der Waals surface area contributed by atoms with E-state index in [2.05, 4.69) is 0 Å². The number of hydrogen-bond acceptors (Lipinski definition) is 2. The fourth-order valence-corrected chi connectivity index (χ4v) is 2.77. The lowest BCUT2D eigenvalue weighted by atomic mass is 9.85. The van der Waals surface area contributed by atoms with E-state index in [0.717, 1.165) is 11.1 Å². The van der Waals surface area contributed by atoms with E-state index in [-0.39, 0.29) is 23.3 Å². The van der Waals surface area contributed by atoms with Crippen molar-refractivity contribution in [3.63, 3.8) is 0 Å². The monoisotopic (exact) mass is 252 g/mol. The van der Waals surface area contributed by atoms with E-state index in [1.54, 1.807) is 6.07 Å². The van der Waals surface area contributed by atoms with Crippen LogP contribution in [-0.4, -0.2) is 10.2 Å². The molecule has 0 aromatic heterocycles. The van der Waals surface area contributed by atoms with Gasteiger partial charge in [-0.05, 0) is 18.6 Å². The predicted octanol–water partition coefficient (Wildman–Crippen LogP) is 3.83. The molecule has 2 aliphatic carbocycles. The van der Waals surface area contributed by atoms with Crippen LogP contribution in [0.15, 0.2) is 54.7 Å². The van der Waals surface area contributed by atoms with E-state index in [9.17, 15) is 10.2 Å². The van der Waals surface area contributed by atoms with Gasteiger partial charge in [0.25, 0.3) is 0 Å². The van der Waals surface area contributed by atoms with Crippen molar-refractivity contribution in [3.05, 3.63) is 71.4 Å². The Morgan fingerprint density at radius 2 is 1.26 bits per heavy atom. The van der Waals surface area contributed by atoms with Crippen LogP contribution >= 0.6 is 0 Å². The van der Waals surface area contributed by atoms with E-state index < -0.39 is 0 Å². The van der Waals surface area contributed by atoms with E-state index in [1.807, 2.05) is 55.5 Å². The van der Waals surface area contributed by atoms with Crippen molar-refractivity contribution >= 4 is 0 Å². The highest BCUT2D eigenvalue weighted by molar-refractivity contribution is 5.60. The molecule has 0 aliphatic heterocycles. The zero-order chi connectivity index (χ0) is 13.4. The van der Waals surface area contributed by atoms with Gasteiger partial charge in [0.15, 0.2) is 0 Å². The number of aromatic hydroxyl groups is 2. The van der Waals surface area contributed by atoms with Crippen molar-refractivity contribution in [3.8, 4) is 11.5 Å². The van der Waals surface area contributed by atoms with Crippen LogP contribution in [0.25, 0.3) is 0 Å². The van der Waals surface area contributed by atoms with Gasteiger partial charge in [0, 0.05) is 23.0 Å². The molecule has 0 bridgehead atoms. The third-order valence-electron chi connectivity index (χ3n) is 3.71. The fourth-order valence-electron chi connectivity index (χ4n) is 2.77. The van der Waals surface area contributed by atoms with Gasteiger partial charge in [-0.3, -0.25) is 0 Å². The zero-order valence-corrected chi connectivity index (χ0v) is 10.7. The maximum Gasteiger partial charge on any atom is 0.123 e. The molecule has 3 rings (SSSR count). The second kappa shape index (κ2) is 4.47. The molecule has 19 heavy (non-hydrogen) atoms. The summed E-state index contributed by atoms with van der Waals surface area (Å²) in [6.45, 7) is 1.81. The molecule has 0 amide bonds. The molecule has 96 valence electrons. The van der Waals surface area contributed by atoms with Crippen molar-refractivity contribution in [1.29, 1.82) is 0 Å². The number of hydrogen-bond donors (Lipinski definition) is 2. The van der Waals surface area contributed by atoms with Crippen LogP contribution in [0.4, 0.5) is 0 Å². The Hall–Kier alpha value is -2.22. The predicted molar refractivity (Wildman–Crippen MR) is 76.6 cm³/mol. The Bertz CT molecular complexity index is 609. The Balaban J connectivity index is 2.23. The van der Waals surface area contributed by atoms with Crippen molar-refractivity contribution in [2.75, 3.05) is 0 Å². The smallest absolute Gasteiger partial charge is 0.123 e. The Morgan fingerprint density at radius 3 is 1.79 bits per heavy atom. The highest BCUT2D eigenvalue weighted by atomic mass is 16.3. The second-order valence-electron chi connectivity index (χ2n) is 4.98. The van der Waals surface area contributed by atoms with Gasteiger partial charge in [-0.2, -0.15) is 0 Å². The third kappa shape index (κ3) is 1.89. The lowest BCUT2D eigenvalue weighted by Gasteiger charge is -2.20. The highest BCUT2D eigenvalue weighted by Gasteiger charge is 2.25. The molecule has 0 spiro atoms. The molecule has 1 aromatic rings. The summed E-state index contributed by atoms with van der Waals surface area (Å²) in [5.74, 6) is 0.593. The van der Waals surface area contributed by atoms with Crippen molar-refractivity contribution in [2.24, 2.45) is 0 Å². The normalized spacial score (nSPS) is 17.9. The van der Waals surface area contributed by atoms with Crippen LogP contribution < -0.4 is 0 Å². The van der Waals surface area contributed by atoms with Crippen molar-refractivity contribution in [2.45, 2.75) is 18.8 Å². The zero-order valence-electron chi connectivity index (χ0n) is 10.7. The molecule has 0 saturated heterocycles. The van der Waals surface area contributed by atoms with Crippen LogP contribution in [0.3, 0.4) is 0 Å². The average Bonchev–Trinajstić information content (AvgIpc) is 3.05. The first kappa shape index (κ1) is 11.8. The molecule has 0 saturated carbocycles. The molecule has 0 radical (unpaired) electrons. The summed E-state index contributed by atoms with van der Waals surface area (Å²) >= 11 is 0. The summed E-state index contributed by atoms with van der Waals surface area (Å²) in [6, 6.07) is 1.64. The van der Waals surface area contributed by atoms with Crippen LogP contribution in [0.5, 0.6) is 11.5 Å². The van der Waals surface area contributed by atoms with Crippen molar-refractivity contribution in [1.82, 2.24) is 0 Å². The van der Waals surface area contributed by atoms with Crippen LogP contribution in [0, 0.1) is 6.92 Å². The Morgan fingerprint density at radius 1 is 0.789 bits per heavy atom. The number of allylic oxidation sites excluding steroid dienone is 8. The van der Waals surface area contributed by atoms with Crippen LogP contribution in [-0.2, 0) is 0 Å². The minimum absolute atomic E-state index is 0.0307. The molecule has 0 fully saturated rings.